The molecule has 0 aliphatic heterocycles. The topological polar surface area (TPSA) is 42.0 Å². The van der Waals surface area contributed by atoms with Gasteiger partial charge in [-0.3, -0.25) is 4.79 Å². The summed E-state index contributed by atoms with van der Waals surface area (Å²) in [5.41, 5.74) is 0.788. The molecule has 0 saturated heterocycles. The van der Waals surface area contributed by atoms with Gasteiger partial charge in [-0.1, -0.05) is 13.8 Å². The van der Waals surface area contributed by atoms with E-state index in [1.807, 2.05) is 27.7 Å². The first-order chi connectivity index (χ1) is 7.41. The summed E-state index contributed by atoms with van der Waals surface area (Å²) in [5.74, 6) is 0.278. The number of aryl methyl sites for hydroxylation is 2. The fourth-order valence-corrected chi connectivity index (χ4v) is 2.16. The molecular weight excluding hydrogens is 244 g/mol. The number of amides is 1. The summed E-state index contributed by atoms with van der Waals surface area (Å²) >= 11 is 7.48. The van der Waals surface area contributed by atoms with Crippen LogP contribution in [0, 0.1) is 19.8 Å². The number of carbonyl (C=O) groups excluding carboxylic acids is 1. The zero-order chi connectivity index (χ0) is 12.3. The van der Waals surface area contributed by atoms with Crippen molar-refractivity contribution < 1.29 is 4.79 Å². The molecule has 1 rings (SSSR count). The highest BCUT2D eigenvalue weighted by molar-refractivity contribution is 7.13. The molecule has 0 saturated carbocycles. The third kappa shape index (κ3) is 3.46. The van der Waals surface area contributed by atoms with Crippen molar-refractivity contribution in [1.29, 1.82) is 0 Å². The van der Waals surface area contributed by atoms with Crippen molar-refractivity contribution >= 4 is 28.8 Å². The van der Waals surface area contributed by atoms with Crippen molar-refractivity contribution in [3.8, 4) is 0 Å². The van der Waals surface area contributed by atoms with Gasteiger partial charge >= 0.3 is 0 Å². The van der Waals surface area contributed by atoms with Gasteiger partial charge in [-0.2, -0.15) is 0 Å². The van der Waals surface area contributed by atoms with Crippen LogP contribution < -0.4 is 5.32 Å². The van der Waals surface area contributed by atoms with Gasteiger partial charge in [0.25, 0.3) is 5.91 Å². The Hall–Kier alpha value is -0.610. The van der Waals surface area contributed by atoms with Gasteiger partial charge in [0.15, 0.2) is 0 Å². The third-order valence-corrected chi connectivity index (χ3v) is 4.02. The molecule has 1 N–H and O–H groups in total. The Morgan fingerprint density at radius 2 is 2.12 bits per heavy atom. The quantitative estimate of drug-likeness (QED) is 0.846. The van der Waals surface area contributed by atoms with Crippen LogP contribution in [-0.4, -0.2) is 22.8 Å². The number of aromatic nitrogens is 1. The predicted octanol–water partition coefficient (Wildman–Crippen LogP) is 2.75. The highest BCUT2D eigenvalue weighted by Gasteiger charge is 2.16. The number of hydrogen-bond acceptors (Lipinski definition) is 3. The van der Waals surface area contributed by atoms with E-state index >= 15 is 0 Å². The molecule has 1 atom stereocenters. The molecule has 1 amide bonds. The maximum absolute atomic E-state index is 11.8. The Morgan fingerprint density at radius 1 is 1.50 bits per heavy atom. The Balaban J connectivity index is 2.56. The Bertz CT molecular complexity index is 376. The largest absolute Gasteiger partial charge is 0.350 e. The summed E-state index contributed by atoms with van der Waals surface area (Å²) in [6, 6.07) is 0. The van der Waals surface area contributed by atoms with Crippen LogP contribution in [-0.2, 0) is 0 Å². The third-order valence-electron chi connectivity index (χ3n) is 2.29. The second-order valence-corrected chi connectivity index (χ2v) is 5.88. The number of carbonyl (C=O) groups is 1. The lowest BCUT2D eigenvalue weighted by molar-refractivity contribution is 0.0955. The fraction of sp³-hybridized carbons (Fsp3) is 0.636. The lowest BCUT2D eigenvalue weighted by Crippen LogP contribution is -2.31. The van der Waals surface area contributed by atoms with E-state index in [0.29, 0.717) is 17.3 Å². The van der Waals surface area contributed by atoms with Crippen LogP contribution in [0.2, 0.25) is 0 Å². The smallest absolute Gasteiger partial charge is 0.263 e. The molecule has 16 heavy (non-hydrogen) atoms. The number of rotatable bonds is 4. The minimum Gasteiger partial charge on any atom is -0.350 e. The van der Waals surface area contributed by atoms with Gasteiger partial charge < -0.3 is 5.32 Å². The molecule has 0 radical (unpaired) electrons. The molecule has 90 valence electrons. The van der Waals surface area contributed by atoms with Crippen LogP contribution in [0.4, 0.5) is 0 Å². The molecule has 3 nitrogen and oxygen atoms in total. The fourth-order valence-electron chi connectivity index (χ4n) is 1.25. The maximum atomic E-state index is 11.8. The summed E-state index contributed by atoms with van der Waals surface area (Å²) in [6.45, 7) is 8.30. The molecule has 5 heteroatoms. The summed E-state index contributed by atoms with van der Waals surface area (Å²) in [4.78, 5) is 16.7. The average molecular weight is 261 g/mol. The number of halogens is 1. The van der Waals surface area contributed by atoms with E-state index in [1.165, 1.54) is 11.3 Å². The summed E-state index contributed by atoms with van der Waals surface area (Å²) in [5, 5.41) is 3.72. The molecule has 0 aliphatic carbocycles. The molecule has 0 aliphatic rings. The Morgan fingerprint density at radius 3 is 2.56 bits per heavy atom. The molecule has 0 fully saturated rings. The van der Waals surface area contributed by atoms with Gasteiger partial charge in [-0.15, -0.1) is 22.9 Å². The normalized spacial score (nSPS) is 12.9. The monoisotopic (exact) mass is 260 g/mol. The van der Waals surface area contributed by atoms with E-state index in [0.717, 1.165) is 10.7 Å². The van der Waals surface area contributed by atoms with E-state index in [4.69, 9.17) is 11.6 Å². The van der Waals surface area contributed by atoms with Gasteiger partial charge in [0.2, 0.25) is 0 Å². The zero-order valence-corrected chi connectivity index (χ0v) is 11.6. The molecule has 0 aromatic carbocycles. The second kappa shape index (κ2) is 5.64. The molecule has 0 spiro atoms. The highest BCUT2D eigenvalue weighted by Crippen LogP contribution is 2.17. The van der Waals surface area contributed by atoms with Crippen LogP contribution in [0.3, 0.4) is 0 Å². The first-order valence-electron chi connectivity index (χ1n) is 5.28. The van der Waals surface area contributed by atoms with E-state index in [1.54, 1.807) is 0 Å². The van der Waals surface area contributed by atoms with Gasteiger partial charge in [0, 0.05) is 6.54 Å². The number of thiazole rings is 1. The number of hydrogen-bond donors (Lipinski definition) is 1. The van der Waals surface area contributed by atoms with Crippen LogP contribution >= 0.6 is 22.9 Å². The van der Waals surface area contributed by atoms with E-state index in [2.05, 4.69) is 10.3 Å². The lowest BCUT2D eigenvalue weighted by atomic mass is 10.1. The second-order valence-electron chi connectivity index (χ2n) is 4.12. The number of nitrogens with one attached hydrogen (secondary N) is 1. The lowest BCUT2D eigenvalue weighted by Gasteiger charge is -2.13. The van der Waals surface area contributed by atoms with Gasteiger partial charge in [0.1, 0.15) is 4.88 Å². The molecule has 0 bridgehead atoms. The zero-order valence-electron chi connectivity index (χ0n) is 10.0. The molecule has 1 heterocycles. The van der Waals surface area contributed by atoms with Crippen molar-refractivity contribution in [3.63, 3.8) is 0 Å². The minimum atomic E-state index is -0.0746. The predicted molar refractivity (Wildman–Crippen MR) is 68.4 cm³/mol. The summed E-state index contributed by atoms with van der Waals surface area (Å²) < 4.78 is 0. The first kappa shape index (κ1) is 13.5. The summed E-state index contributed by atoms with van der Waals surface area (Å²) in [7, 11) is 0. The highest BCUT2D eigenvalue weighted by atomic mass is 35.5. The number of alkyl halides is 1. The maximum Gasteiger partial charge on any atom is 0.263 e. The van der Waals surface area contributed by atoms with Crippen LogP contribution in [0.25, 0.3) is 0 Å². The van der Waals surface area contributed by atoms with E-state index in [-0.39, 0.29) is 11.3 Å². The Labute approximate surface area is 105 Å². The van der Waals surface area contributed by atoms with Gasteiger partial charge in [-0.05, 0) is 19.8 Å². The first-order valence-corrected chi connectivity index (χ1v) is 6.53. The van der Waals surface area contributed by atoms with Crippen LogP contribution in [0.1, 0.15) is 34.2 Å². The van der Waals surface area contributed by atoms with Gasteiger partial charge in [0.05, 0.1) is 16.1 Å². The molecular formula is C11H17ClN2OS. The number of nitrogens with zero attached hydrogens (tertiary/aromatic N) is 1. The molecule has 1 aromatic rings. The SMILES string of the molecule is Cc1nc(C)c(C(=O)NCC(Cl)C(C)C)s1. The minimum absolute atomic E-state index is 0.0294. The Kier molecular flexibility index (Phi) is 4.74. The van der Waals surface area contributed by atoms with Crippen LogP contribution in [0.15, 0.2) is 0 Å². The van der Waals surface area contributed by atoms with Gasteiger partial charge in [-0.25, -0.2) is 4.98 Å². The molecule has 1 aromatic heterocycles. The summed E-state index contributed by atoms with van der Waals surface area (Å²) in [6.07, 6.45) is 0. The average Bonchev–Trinajstić information content (AvgIpc) is 2.53. The van der Waals surface area contributed by atoms with Crippen molar-refractivity contribution in [2.45, 2.75) is 33.1 Å². The van der Waals surface area contributed by atoms with Crippen molar-refractivity contribution in [2.24, 2.45) is 5.92 Å². The van der Waals surface area contributed by atoms with E-state index in [9.17, 15) is 4.79 Å². The molecule has 1 unspecified atom stereocenters. The van der Waals surface area contributed by atoms with Crippen LogP contribution in [0.5, 0.6) is 0 Å². The van der Waals surface area contributed by atoms with Crippen molar-refractivity contribution in [2.75, 3.05) is 6.54 Å². The van der Waals surface area contributed by atoms with E-state index < -0.39 is 0 Å². The standard InChI is InChI=1S/C11H17ClN2OS/c1-6(2)9(12)5-13-11(15)10-7(3)14-8(4)16-10/h6,9H,5H2,1-4H3,(H,13,15). The van der Waals surface area contributed by atoms with Crippen molar-refractivity contribution in [3.05, 3.63) is 15.6 Å². The van der Waals surface area contributed by atoms with Crippen molar-refractivity contribution in [1.82, 2.24) is 10.3 Å².